The van der Waals surface area contributed by atoms with E-state index in [9.17, 15) is 9.59 Å². The third-order valence-electron chi connectivity index (χ3n) is 5.33. The van der Waals surface area contributed by atoms with Gasteiger partial charge in [-0.05, 0) is 51.2 Å². The van der Waals surface area contributed by atoms with Crippen molar-refractivity contribution in [1.82, 2.24) is 14.4 Å². The predicted molar refractivity (Wildman–Crippen MR) is 110 cm³/mol. The van der Waals surface area contributed by atoms with E-state index in [0.717, 1.165) is 6.42 Å². The number of aromatic nitrogens is 1. The molecule has 1 aromatic heterocycles. The zero-order valence-corrected chi connectivity index (χ0v) is 17.2. The maximum absolute atomic E-state index is 13.1. The first kappa shape index (κ1) is 21.4. The molecule has 1 amide bonds. The predicted octanol–water partition coefficient (Wildman–Crippen LogP) is 1.35. The topological polar surface area (TPSA) is 101 Å². The van der Waals surface area contributed by atoms with E-state index in [2.05, 4.69) is 4.90 Å². The van der Waals surface area contributed by atoms with Gasteiger partial charge in [-0.1, -0.05) is 0 Å². The Balaban J connectivity index is 0.000000806. The fourth-order valence-corrected chi connectivity index (χ4v) is 3.63. The summed E-state index contributed by atoms with van der Waals surface area (Å²) >= 11 is 0. The van der Waals surface area contributed by atoms with Crippen molar-refractivity contribution in [2.45, 2.75) is 19.4 Å². The Labute approximate surface area is 174 Å². The number of carbonyl (C=O) groups is 2. The van der Waals surface area contributed by atoms with Crippen molar-refractivity contribution in [3.05, 3.63) is 51.9 Å². The van der Waals surface area contributed by atoms with E-state index in [0.29, 0.717) is 41.9 Å². The average molecular weight is 415 g/mol. The summed E-state index contributed by atoms with van der Waals surface area (Å²) in [6.45, 7) is 3.04. The van der Waals surface area contributed by atoms with Gasteiger partial charge in [0.2, 0.25) is 6.79 Å². The Kier molecular flexibility index (Phi) is 6.41. The van der Waals surface area contributed by atoms with Crippen LogP contribution in [-0.4, -0.2) is 71.9 Å². The van der Waals surface area contributed by atoms with Crippen LogP contribution >= 0.6 is 0 Å². The molecule has 160 valence electrons. The molecule has 4 rings (SSSR count). The van der Waals surface area contributed by atoms with E-state index in [1.54, 1.807) is 42.3 Å². The number of likely N-dealkylation sites (N-methyl/N-ethyl adjacent to an activating group) is 1. The van der Waals surface area contributed by atoms with Crippen LogP contribution in [0.25, 0.3) is 5.69 Å². The fourth-order valence-electron chi connectivity index (χ4n) is 3.63. The highest BCUT2D eigenvalue weighted by Gasteiger charge is 2.30. The zero-order chi connectivity index (χ0) is 21.8. The minimum Gasteiger partial charge on any atom is -0.483 e. The monoisotopic (exact) mass is 415 g/mol. The van der Waals surface area contributed by atoms with Crippen molar-refractivity contribution in [2.75, 3.05) is 34.0 Å². The maximum atomic E-state index is 13.1. The van der Waals surface area contributed by atoms with Crippen LogP contribution in [0.3, 0.4) is 0 Å². The van der Waals surface area contributed by atoms with Gasteiger partial charge in [-0.15, -0.1) is 0 Å². The maximum Gasteiger partial charge on any atom is 0.290 e. The van der Waals surface area contributed by atoms with Gasteiger partial charge in [0.25, 0.3) is 17.9 Å². The average Bonchev–Trinajstić information content (AvgIpc) is 3.38. The zero-order valence-electron chi connectivity index (χ0n) is 17.2. The van der Waals surface area contributed by atoms with Crippen LogP contribution in [0.1, 0.15) is 22.3 Å². The Hall–Kier alpha value is -3.33. The number of rotatable bonds is 3. The summed E-state index contributed by atoms with van der Waals surface area (Å²) in [5.74, 6) is 1.06. The second-order valence-corrected chi connectivity index (χ2v) is 7.35. The SMILES string of the molecule is Cc1ccn(-c2ccc3c(c2)OCO3)c(=O)c1C(=O)N1CCC(N(C)C)C1.O=CO. The highest BCUT2D eigenvalue weighted by atomic mass is 16.7. The highest BCUT2D eigenvalue weighted by molar-refractivity contribution is 5.95. The molecular formula is C21H25N3O6. The van der Waals surface area contributed by atoms with Crippen molar-refractivity contribution in [1.29, 1.82) is 0 Å². The first-order chi connectivity index (χ1) is 14.4. The fraction of sp³-hybridized carbons (Fsp3) is 0.381. The molecule has 1 N–H and O–H groups in total. The van der Waals surface area contributed by atoms with E-state index >= 15 is 0 Å². The third-order valence-corrected chi connectivity index (χ3v) is 5.33. The molecule has 2 aromatic rings. The lowest BCUT2D eigenvalue weighted by Gasteiger charge is -2.21. The number of hydrogen-bond acceptors (Lipinski definition) is 6. The van der Waals surface area contributed by atoms with E-state index in [-0.39, 0.29) is 30.3 Å². The lowest BCUT2D eigenvalue weighted by molar-refractivity contribution is -0.122. The molecule has 0 spiro atoms. The Bertz CT molecular complexity index is 1000. The molecule has 3 heterocycles. The largest absolute Gasteiger partial charge is 0.483 e. The number of hydrogen-bond donors (Lipinski definition) is 1. The van der Waals surface area contributed by atoms with Crippen LogP contribution < -0.4 is 15.0 Å². The molecule has 2 aliphatic rings. The molecule has 1 aromatic carbocycles. The molecule has 0 radical (unpaired) electrons. The highest BCUT2D eigenvalue weighted by Crippen LogP contribution is 2.33. The number of amides is 1. The van der Waals surface area contributed by atoms with Crippen LogP contribution in [-0.2, 0) is 4.79 Å². The summed E-state index contributed by atoms with van der Waals surface area (Å²) in [4.78, 5) is 38.5. The number of nitrogens with zero attached hydrogens (tertiary/aromatic N) is 3. The van der Waals surface area contributed by atoms with Gasteiger partial charge in [-0.3, -0.25) is 19.0 Å². The second-order valence-electron chi connectivity index (χ2n) is 7.35. The summed E-state index contributed by atoms with van der Waals surface area (Å²) < 4.78 is 12.2. The smallest absolute Gasteiger partial charge is 0.290 e. The van der Waals surface area contributed by atoms with E-state index < -0.39 is 0 Å². The number of aryl methyl sites for hydroxylation is 1. The van der Waals surface area contributed by atoms with Gasteiger partial charge in [0.1, 0.15) is 5.56 Å². The molecule has 1 unspecified atom stereocenters. The van der Waals surface area contributed by atoms with Crippen LogP contribution in [0.2, 0.25) is 0 Å². The number of fused-ring (bicyclic) bond motifs is 1. The van der Waals surface area contributed by atoms with E-state index in [1.165, 1.54) is 4.57 Å². The Morgan fingerprint density at radius 2 is 1.93 bits per heavy atom. The molecule has 9 heteroatoms. The summed E-state index contributed by atoms with van der Waals surface area (Å²) in [6.07, 6.45) is 2.61. The van der Waals surface area contributed by atoms with Gasteiger partial charge < -0.3 is 24.4 Å². The standard InChI is InChI=1S/C20H23N3O4.CH2O2/c1-13-6-9-23(14-4-5-16-17(10-14)27-12-26-16)20(25)18(13)19(24)22-8-7-15(11-22)21(2)3;2-1-3/h4-6,9-10,15H,7-8,11-12H2,1-3H3;1H,(H,2,3). The van der Waals surface area contributed by atoms with Gasteiger partial charge in [0.15, 0.2) is 11.5 Å². The number of pyridine rings is 1. The molecule has 1 atom stereocenters. The van der Waals surface area contributed by atoms with Gasteiger partial charge >= 0.3 is 0 Å². The lowest BCUT2D eigenvalue weighted by atomic mass is 10.1. The summed E-state index contributed by atoms with van der Waals surface area (Å²) in [5.41, 5.74) is 1.25. The molecule has 1 fully saturated rings. The number of carbonyl (C=O) groups excluding carboxylic acids is 1. The van der Waals surface area contributed by atoms with Crippen LogP contribution in [0.5, 0.6) is 11.5 Å². The normalized spacial score (nSPS) is 16.9. The molecule has 0 aliphatic carbocycles. The number of likely N-dealkylation sites (tertiary alicyclic amines) is 1. The van der Waals surface area contributed by atoms with Crippen molar-refractivity contribution in [3.63, 3.8) is 0 Å². The van der Waals surface area contributed by atoms with Crippen molar-refractivity contribution >= 4 is 12.4 Å². The Morgan fingerprint density at radius 3 is 2.60 bits per heavy atom. The van der Waals surface area contributed by atoms with Gasteiger partial charge in [-0.25, -0.2) is 0 Å². The van der Waals surface area contributed by atoms with Gasteiger partial charge in [0, 0.05) is 31.4 Å². The van der Waals surface area contributed by atoms with Crippen molar-refractivity contribution < 1.29 is 24.2 Å². The first-order valence-corrected chi connectivity index (χ1v) is 9.53. The number of carboxylic acid groups (broad SMARTS) is 1. The Morgan fingerprint density at radius 1 is 1.23 bits per heavy atom. The summed E-state index contributed by atoms with van der Waals surface area (Å²) in [7, 11) is 4.03. The minimum absolute atomic E-state index is 0.174. The molecular weight excluding hydrogens is 390 g/mol. The molecule has 0 saturated carbocycles. The first-order valence-electron chi connectivity index (χ1n) is 9.53. The molecule has 2 aliphatic heterocycles. The molecule has 9 nitrogen and oxygen atoms in total. The van der Waals surface area contributed by atoms with Gasteiger partial charge in [0.05, 0.1) is 5.69 Å². The quantitative estimate of drug-likeness (QED) is 0.755. The summed E-state index contributed by atoms with van der Waals surface area (Å²) in [6, 6.07) is 7.45. The number of benzene rings is 1. The molecule has 0 bridgehead atoms. The molecule has 1 saturated heterocycles. The van der Waals surface area contributed by atoms with Crippen molar-refractivity contribution in [3.8, 4) is 17.2 Å². The summed E-state index contributed by atoms with van der Waals surface area (Å²) in [5, 5.41) is 6.89. The molecule has 30 heavy (non-hydrogen) atoms. The van der Waals surface area contributed by atoms with Crippen LogP contribution in [0.15, 0.2) is 35.3 Å². The van der Waals surface area contributed by atoms with E-state index in [1.807, 2.05) is 14.1 Å². The van der Waals surface area contributed by atoms with Crippen LogP contribution in [0, 0.1) is 6.92 Å². The van der Waals surface area contributed by atoms with Gasteiger partial charge in [-0.2, -0.15) is 0 Å². The second kappa shape index (κ2) is 9.00. The van der Waals surface area contributed by atoms with Crippen molar-refractivity contribution in [2.24, 2.45) is 0 Å². The third kappa shape index (κ3) is 4.16. The lowest BCUT2D eigenvalue weighted by Crippen LogP contribution is -2.38. The van der Waals surface area contributed by atoms with Crippen LogP contribution in [0.4, 0.5) is 0 Å². The number of ether oxygens (including phenoxy) is 2. The minimum atomic E-state index is -0.313. The van der Waals surface area contributed by atoms with E-state index in [4.69, 9.17) is 19.4 Å².